The molecular formula is C14H10F12N2. The first kappa shape index (κ1) is 23.9. The molecule has 0 atom stereocenters. The highest BCUT2D eigenvalue weighted by Crippen LogP contribution is 2.59. The van der Waals surface area contributed by atoms with Crippen molar-refractivity contribution in [3.05, 3.63) is 30.1 Å². The summed E-state index contributed by atoms with van der Waals surface area (Å²) >= 11 is 0. The maximum absolute atomic E-state index is 14.3. The molecule has 0 aliphatic rings. The molecule has 0 saturated heterocycles. The largest absolute Gasteiger partial charge is 1.00 e. The third-order valence-electron chi connectivity index (χ3n) is 4.06. The Morgan fingerprint density at radius 3 is 1.64 bits per heavy atom. The van der Waals surface area contributed by atoms with E-state index in [4.69, 9.17) is 0 Å². The summed E-state index contributed by atoms with van der Waals surface area (Å²) in [6.45, 7) is 0. The molecular weight excluding hydrogens is 424 g/mol. The Hall–Kier alpha value is -2.15. The van der Waals surface area contributed by atoms with Gasteiger partial charge in [-0.2, -0.15) is 48.3 Å². The molecule has 14 heteroatoms. The molecule has 0 aliphatic heterocycles. The lowest BCUT2D eigenvalue weighted by Crippen LogP contribution is -3.00. The van der Waals surface area contributed by atoms with Crippen LogP contribution >= 0.6 is 0 Å². The molecule has 28 heavy (non-hydrogen) atoms. The average Bonchev–Trinajstić information content (AvgIpc) is 2.78. The van der Waals surface area contributed by atoms with Crippen LogP contribution < -0.4 is 9.27 Å². The maximum Gasteiger partial charge on any atom is 0.460 e. The van der Waals surface area contributed by atoms with Gasteiger partial charge in [0.25, 0.3) is 0 Å². The van der Waals surface area contributed by atoms with Crippen molar-refractivity contribution in [1.29, 1.82) is 0 Å². The number of benzene rings is 1. The van der Waals surface area contributed by atoms with Crippen LogP contribution in [0.2, 0.25) is 0 Å². The number of fused-ring (bicyclic) bond motifs is 1. The van der Waals surface area contributed by atoms with Crippen molar-refractivity contribution >= 4 is 11.0 Å². The number of aromatic nitrogens is 2. The topological polar surface area (TPSA) is 8.81 Å². The molecule has 0 bridgehead atoms. The summed E-state index contributed by atoms with van der Waals surface area (Å²) in [5.74, 6) is -29.9. The highest BCUT2D eigenvalue weighted by Gasteiger charge is 2.89. The fourth-order valence-corrected chi connectivity index (χ4v) is 2.62. The van der Waals surface area contributed by atoms with E-state index in [1.54, 1.807) is 0 Å². The van der Waals surface area contributed by atoms with Crippen molar-refractivity contribution in [2.75, 3.05) is 0 Å². The molecule has 0 radical (unpaired) electrons. The molecule has 0 aliphatic carbocycles. The van der Waals surface area contributed by atoms with Crippen LogP contribution in [0.1, 0.15) is 5.82 Å². The van der Waals surface area contributed by atoms with E-state index in [1.807, 2.05) is 0 Å². The summed E-state index contributed by atoms with van der Waals surface area (Å²) in [7, 11) is 1.50. The van der Waals surface area contributed by atoms with E-state index in [2.05, 4.69) is 0 Å². The van der Waals surface area contributed by atoms with E-state index < -0.39 is 35.7 Å². The molecule has 0 saturated carbocycles. The van der Waals surface area contributed by atoms with Crippen LogP contribution in [0.4, 0.5) is 48.3 Å². The summed E-state index contributed by atoms with van der Waals surface area (Å²) in [5.41, 5.74) is -0.340. The molecule has 0 spiro atoms. The molecule has 0 unspecified atom stereocenters. The molecule has 2 nitrogen and oxygen atoms in total. The SMILES string of the molecule is Cn1c(C(F)(F)C(F)(F)C(F)(F)C(F)(F)C(F)(F)F)[n+](C)c2ccccc21.[F-]. The normalized spacial score (nSPS) is 14.3. The molecule has 0 amide bonds. The van der Waals surface area contributed by atoms with Gasteiger partial charge >= 0.3 is 35.7 Å². The standard InChI is InChI=1S/C14H10F11N2.FH/c1-26-7-5-3-4-6-8(7)27(2)9(26)10(15,16)11(17,18)12(19,20)13(21,22)14(23,24)25;/h3-6H,1-2H3;1H/q+1;/p-1. The number of nitrogens with zero attached hydrogens (tertiary/aromatic N) is 2. The van der Waals surface area contributed by atoms with Gasteiger partial charge in [0.2, 0.25) is 0 Å². The van der Waals surface area contributed by atoms with Crippen molar-refractivity contribution in [2.45, 2.75) is 29.9 Å². The van der Waals surface area contributed by atoms with Gasteiger partial charge in [-0.25, -0.2) is 9.13 Å². The molecule has 0 fully saturated rings. The van der Waals surface area contributed by atoms with Crippen molar-refractivity contribution in [2.24, 2.45) is 14.1 Å². The molecule has 1 heterocycles. The molecule has 2 aromatic rings. The summed E-state index contributed by atoms with van der Waals surface area (Å²) in [5, 5.41) is 0. The molecule has 160 valence electrons. The number of hydrogen-bond donors (Lipinski definition) is 0. The molecule has 2 rings (SSSR count). The van der Waals surface area contributed by atoms with E-state index in [9.17, 15) is 48.3 Å². The van der Waals surface area contributed by atoms with Crippen LogP contribution in [0.3, 0.4) is 0 Å². The second-order valence-electron chi connectivity index (χ2n) is 5.73. The van der Waals surface area contributed by atoms with Gasteiger partial charge in [-0.05, 0) is 12.1 Å². The average molecular weight is 434 g/mol. The number of halogens is 12. The number of hydrogen-bond acceptors (Lipinski definition) is 0. The Bertz CT molecular complexity index is 826. The van der Waals surface area contributed by atoms with Crippen molar-refractivity contribution in [3.8, 4) is 0 Å². The van der Waals surface area contributed by atoms with E-state index in [-0.39, 0.29) is 15.7 Å². The van der Waals surface area contributed by atoms with Gasteiger partial charge < -0.3 is 4.70 Å². The lowest BCUT2D eigenvalue weighted by molar-refractivity contribution is -0.668. The lowest BCUT2D eigenvalue weighted by atomic mass is 9.97. The van der Waals surface area contributed by atoms with Crippen LogP contribution in [-0.2, 0) is 20.0 Å². The first-order valence-electron chi connectivity index (χ1n) is 6.95. The van der Waals surface area contributed by atoms with Gasteiger partial charge in [0.15, 0.2) is 11.0 Å². The van der Waals surface area contributed by atoms with Gasteiger partial charge in [0.1, 0.15) is 0 Å². The van der Waals surface area contributed by atoms with Crippen LogP contribution in [0.15, 0.2) is 24.3 Å². The van der Waals surface area contributed by atoms with Gasteiger partial charge in [0.05, 0.1) is 14.1 Å². The van der Waals surface area contributed by atoms with Crippen molar-refractivity contribution in [1.82, 2.24) is 4.57 Å². The summed E-state index contributed by atoms with van der Waals surface area (Å²) in [6.07, 6.45) is -7.18. The quantitative estimate of drug-likeness (QED) is 0.511. The Labute approximate surface area is 148 Å². The summed E-state index contributed by atoms with van der Waals surface area (Å²) in [6, 6.07) is 4.84. The Morgan fingerprint density at radius 2 is 1.21 bits per heavy atom. The van der Waals surface area contributed by atoms with Crippen LogP contribution in [-0.4, -0.2) is 28.5 Å². The second kappa shape index (κ2) is 6.44. The van der Waals surface area contributed by atoms with Crippen molar-refractivity contribution in [3.63, 3.8) is 0 Å². The van der Waals surface area contributed by atoms with Gasteiger partial charge in [-0.3, -0.25) is 0 Å². The number of imidazole rings is 1. The number of alkyl halides is 11. The third kappa shape index (κ3) is 2.79. The minimum atomic E-state index is -7.44. The second-order valence-corrected chi connectivity index (χ2v) is 5.73. The first-order valence-corrected chi connectivity index (χ1v) is 6.95. The zero-order valence-electron chi connectivity index (χ0n) is 13.7. The van der Waals surface area contributed by atoms with E-state index in [1.165, 1.54) is 12.1 Å². The Kier molecular flexibility index (Phi) is 5.49. The minimum absolute atomic E-state index is 0. The summed E-state index contributed by atoms with van der Waals surface area (Å²) < 4.78 is 146. The van der Waals surface area contributed by atoms with Gasteiger partial charge in [-0.15, -0.1) is 0 Å². The van der Waals surface area contributed by atoms with E-state index in [0.29, 0.717) is 9.13 Å². The minimum Gasteiger partial charge on any atom is -1.00 e. The van der Waals surface area contributed by atoms with Gasteiger partial charge in [0, 0.05) is 0 Å². The zero-order valence-corrected chi connectivity index (χ0v) is 13.7. The Morgan fingerprint density at radius 1 is 0.750 bits per heavy atom. The predicted octanol–water partition coefficient (Wildman–Crippen LogP) is 1.57. The summed E-state index contributed by atoms with van der Waals surface area (Å²) in [4.78, 5) is 0. The van der Waals surface area contributed by atoms with E-state index in [0.717, 1.165) is 26.2 Å². The van der Waals surface area contributed by atoms with E-state index >= 15 is 0 Å². The monoisotopic (exact) mass is 434 g/mol. The maximum atomic E-state index is 14.3. The molecule has 0 N–H and O–H groups in total. The van der Waals surface area contributed by atoms with Crippen LogP contribution in [0, 0.1) is 0 Å². The zero-order chi connectivity index (χ0) is 21.2. The fraction of sp³-hybridized carbons (Fsp3) is 0.500. The lowest BCUT2D eigenvalue weighted by Gasteiger charge is -2.35. The van der Waals surface area contributed by atoms with Crippen LogP contribution in [0.5, 0.6) is 0 Å². The smallest absolute Gasteiger partial charge is 0.460 e. The fourth-order valence-electron chi connectivity index (χ4n) is 2.62. The van der Waals surface area contributed by atoms with Crippen molar-refractivity contribution < 1.29 is 57.6 Å². The van der Waals surface area contributed by atoms with Gasteiger partial charge in [-0.1, -0.05) is 12.1 Å². The molecule has 1 aromatic carbocycles. The number of rotatable bonds is 4. The predicted molar refractivity (Wildman–Crippen MR) is 68.9 cm³/mol. The molecule has 1 aromatic heterocycles. The first-order chi connectivity index (χ1) is 11.9. The van der Waals surface area contributed by atoms with Crippen LogP contribution in [0.25, 0.3) is 11.0 Å². The highest BCUT2D eigenvalue weighted by molar-refractivity contribution is 5.72. The highest BCUT2D eigenvalue weighted by atomic mass is 19.4. The third-order valence-corrected chi connectivity index (χ3v) is 4.06. The number of para-hydroxylation sites is 2. The Balaban J connectivity index is 0.00000392. The number of aryl methyl sites for hydroxylation is 2.